The van der Waals surface area contributed by atoms with E-state index in [-0.39, 0.29) is 29.9 Å². The monoisotopic (exact) mass is 373 g/mol. The van der Waals surface area contributed by atoms with Gasteiger partial charge in [-0.1, -0.05) is 25.7 Å². The number of nitrogens with one attached hydrogen (secondary N) is 2. The lowest BCUT2D eigenvalue weighted by molar-refractivity contribution is -0.137. The summed E-state index contributed by atoms with van der Waals surface area (Å²) in [5, 5.41) is 6.21. The van der Waals surface area contributed by atoms with Crippen LogP contribution in [0, 0.1) is 17.8 Å². The number of amides is 4. The van der Waals surface area contributed by atoms with Gasteiger partial charge in [0.05, 0.1) is 0 Å². The van der Waals surface area contributed by atoms with E-state index in [1.807, 2.05) is 0 Å². The van der Waals surface area contributed by atoms with Gasteiger partial charge in [0, 0.05) is 5.54 Å². The maximum Gasteiger partial charge on any atom is 0.325 e. The van der Waals surface area contributed by atoms with Crippen molar-refractivity contribution in [2.45, 2.75) is 88.1 Å². The fourth-order valence-corrected chi connectivity index (χ4v) is 7.23. The van der Waals surface area contributed by atoms with Crippen molar-refractivity contribution < 1.29 is 14.4 Å². The van der Waals surface area contributed by atoms with Crippen LogP contribution < -0.4 is 10.6 Å². The summed E-state index contributed by atoms with van der Waals surface area (Å²) in [5.74, 6) is 1.91. The zero-order chi connectivity index (χ0) is 18.6. The summed E-state index contributed by atoms with van der Waals surface area (Å²) >= 11 is 0. The van der Waals surface area contributed by atoms with Gasteiger partial charge in [-0.15, -0.1) is 0 Å². The molecule has 4 bridgehead atoms. The highest BCUT2D eigenvalue weighted by Gasteiger charge is 2.53. The molecule has 0 radical (unpaired) electrons. The number of carbonyl (C=O) groups excluding carboxylic acids is 3. The van der Waals surface area contributed by atoms with E-state index in [2.05, 4.69) is 10.6 Å². The van der Waals surface area contributed by atoms with E-state index in [4.69, 9.17) is 0 Å². The highest BCUT2D eigenvalue weighted by Crippen LogP contribution is 2.55. The van der Waals surface area contributed by atoms with Gasteiger partial charge < -0.3 is 10.6 Å². The van der Waals surface area contributed by atoms with Crippen LogP contribution in [-0.4, -0.2) is 40.4 Å². The number of hydrogen-bond donors (Lipinski definition) is 2. The Kier molecular flexibility index (Phi) is 4.03. The number of urea groups is 1. The second-order valence-electron chi connectivity index (χ2n) is 10.1. The van der Waals surface area contributed by atoms with Crippen LogP contribution in [0.2, 0.25) is 0 Å². The highest BCUT2D eigenvalue weighted by molar-refractivity contribution is 6.09. The summed E-state index contributed by atoms with van der Waals surface area (Å²) < 4.78 is 0. The largest absolute Gasteiger partial charge is 0.349 e. The molecule has 1 spiro atoms. The normalized spacial score (nSPS) is 39.6. The van der Waals surface area contributed by atoms with Crippen LogP contribution in [0.25, 0.3) is 0 Å². The third-order valence-electron chi connectivity index (χ3n) is 7.95. The molecule has 5 saturated carbocycles. The molecule has 0 unspecified atom stereocenters. The lowest BCUT2D eigenvalue weighted by atomic mass is 9.53. The average Bonchev–Trinajstić information content (AvgIpc) is 2.76. The van der Waals surface area contributed by atoms with Gasteiger partial charge in [0.25, 0.3) is 5.91 Å². The summed E-state index contributed by atoms with van der Waals surface area (Å²) in [4.78, 5) is 39.5. The SMILES string of the molecule is O=C(CN1C(=O)NC2(CCCCCC2)C1=O)NC12CC3CC(CC(C3)C1)C2. The molecule has 27 heavy (non-hydrogen) atoms. The second kappa shape index (κ2) is 6.21. The average molecular weight is 373 g/mol. The Morgan fingerprint density at radius 1 is 0.963 bits per heavy atom. The highest BCUT2D eigenvalue weighted by atomic mass is 16.2. The Morgan fingerprint density at radius 2 is 1.52 bits per heavy atom. The Hall–Kier alpha value is -1.59. The summed E-state index contributed by atoms with van der Waals surface area (Å²) in [6.45, 7) is -0.131. The van der Waals surface area contributed by atoms with Crippen molar-refractivity contribution in [1.29, 1.82) is 0 Å². The number of imide groups is 1. The van der Waals surface area contributed by atoms with Crippen molar-refractivity contribution in [3.05, 3.63) is 0 Å². The molecule has 6 fully saturated rings. The topological polar surface area (TPSA) is 78.5 Å². The van der Waals surface area contributed by atoms with Crippen LogP contribution >= 0.6 is 0 Å². The smallest absolute Gasteiger partial charge is 0.325 e. The van der Waals surface area contributed by atoms with Gasteiger partial charge in [-0.05, 0) is 69.1 Å². The lowest BCUT2D eigenvalue weighted by Crippen LogP contribution is -2.61. The number of rotatable bonds is 3. The molecule has 0 aromatic carbocycles. The minimum absolute atomic E-state index is 0.0783. The van der Waals surface area contributed by atoms with E-state index in [1.54, 1.807) is 0 Å². The molecule has 0 atom stereocenters. The van der Waals surface area contributed by atoms with E-state index >= 15 is 0 Å². The fourth-order valence-electron chi connectivity index (χ4n) is 7.23. The van der Waals surface area contributed by atoms with Crippen molar-refractivity contribution in [3.8, 4) is 0 Å². The van der Waals surface area contributed by atoms with E-state index in [1.165, 1.54) is 24.2 Å². The van der Waals surface area contributed by atoms with Crippen LogP contribution in [0.1, 0.15) is 77.0 Å². The Balaban J connectivity index is 1.26. The van der Waals surface area contributed by atoms with Crippen LogP contribution in [-0.2, 0) is 9.59 Å². The van der Waals surface area contributed by atoms with Gasteiger partial charge in [0.1, 0.15) is 12.1 Å². The van der Waals surface area contributed by atoms with Crippen molar-refractivity contribution in [2.75, 3.05) is 6.54 Å². The lowest BCUT2D eigenvalue weighted by Gasteiger charge is -2.56. The second-order valence-corrected chi connectivity index (χ2v) is 10.1. The van der Waals surface area contributed by atoms with Crippen LogP contribution in [0.3, 0.4) is 0 Å². The predicted octanol–water partition coefficient (Wildman–Crippen LogP) is 2.72. The van der Waals surface area contributed by atoms with Crippen molar-refractivity contribution >= 4 is 17.8 Å². The molecular formula is C21H31N3O3. The molecule has 6 nitrogen and oxygen atoms in total. The van der Waals surface area contributed by atoms with Gasteiger partial charge in [-0.2, -0.15) is 0 Å². The quantitative estimate of drug-likeness (QED) is 0.747. The molecule has 148 valence electrons. The molecule has 1 heterocycles. The maximum absolute atomic E-state index is 13.0. The van der Waals surface area contributed by atoms with E-state index in [0.717, 1.165) is 62.7 Å². The van der Waals surface area contributed by atoms with E-state index in [9.17, 15) is 14.4 Å². The molecule has 1 aliphatic heterocycles. The molecule has 2 N–H and O–H groups in total. The Morgan fingerprint density at radius 3 is 2.07 bits per heavy atom. The van der Waals surface area contributed by atoms with Crippen LogP contribution in [0.4, 0.5) is 4.79 Å². The zero-order valence-corrected chi connectivity index (χ0v) is 16.1. The molecule has 6 aliphatic rings. The van der Waals surface area contributed by atoms with Gasteiger partial charge in [0.15, 0.2) is 0 Å². The van der Waals surface area contributed by atoms with Crippen LogP contribution in [0.15, 0.2) is 0 Å². The number of carbonyl (C=O) groups is 3. The molecule has 5 aliphatic carbocycles. The van der Waals surface area contributed by atoms with Gasteiger partial charge in [-0.25, -0.2) is 4.79 Å². The van der Waals surface area contributed by atoms with Gasteiger partial charge >= 0.3 is 6.03 Å². The maximum atomic E-state index is 13.0. The minimum Gasteiger partial charge on any atom is -0.349 e. The standard InChI is InChI=1S/C21H31N3O3/c25-17(22-20-10-14-7-15(11-20)9-16(8-14)12-20)13-24-18(26)21(23-19(24)27)5-3-1-2-4-6-21/h14-16H,1-13H2,(H,22,25)(H,23,27). The summed E-state index contributed by atoms with van der Waals surface area (Å²) in [7, 11) is 0. The van der Waals surface area contributed by atoms with Crippen molar-refractivity contribution in [2.24, 2.45) is 17.8 Å². The molecule has 6 heteroatoms. The third-order valence-corrected chi connectivity index (χ3v) is 7.95. The van der Waals surface area contributed by atoms with Gasteiger partial charge in [-0.3, -0.25) is 14.5 Å². The van der Waals surface area contributed by atoms with Gasteiger partial charge in [0.2, 0.25) is 5.91 Å². The van der Waals surface area contributed by atoms with Crippen LogP contribution in [0.5, 0.6) is 0 Å². The minimum atomic E-state index is -0.755. The predicted molar refractivity (Wildman–Crippen MR) is 99.7 cm³/mol. The van der Waals surface area contributed by atoms with Crippen molar-refractivity contribution in [3.63, 3.8) is 0 Å². The molecule has 6 rings (SSSR count). The summed E-state index contributed by atoms with van der Waals surface area (Å²) in [6, 6.07) is -0.387. The molecule has 4 amide bonds. The van der Waals surface area contributed by atoms with Crippen molar-refractivity contribution in [1.82, 2.24) is 15.5 Å². The third kappa shape index (κ3) is 2.95. The first-order valence-corrected chi connectivity index (χ1v) is 10.9. The van der Waals surface area contributed by atoms with E-state index in [0.29, 0.717) is 12.8 Å². The molecule has 0 aromatic rings. The number of hydrogen-bond acceptors (Lipinski definition) is 3. The first kappa shape index (κ1) is 17.5. The fraction of sp³-hybridized carbons (Fsp3) is 0.857. The molecular weight excluding hydrogens is 342 g/mol. The number of nitrogens with zero attached hydrogens (tertiary/aromatic N) is 1. The summed E-state index contributed by atoms with van der Waals surface area (Å²) in [6.07, 6.45) is 12.7. The zero-order valence-electron chi connectivity index (χ0n) is 16.1. The molecule has 1 saturated heterocycles. The first-order chi connectivity index (χ1) is 13.0. The summed E-state index contributed by atoms with van der Waals surface area (Å²) in [5.41, 5.74) is -0.834. The Labute approximate surface area is 160 Å². The Bertz CT molecular complexity index is 630. The molecule has 0 aromatic heterocycles. The van der Waals surface area contributed by atoms with E-state index < -0.39 is 5.54 Å². The first-order valence-electron chi connectivity index (χ1n) is 10.9.